The van der Waals surface area contributed by atoms with Gasteiger partial charge in [-0.1, -0.05) is 12.1 Å². The normalized spacial score (nSPS) is 11.0. The number of aromatic nitrogens is 3. The SMILES string of the molecule is COc1ccc2c(c1)cc1c(=O)n(CC(=O)NCc3cccc(OC)c3OC)nc(C)n12. The van der Waals surface area contributed by atoms with Crippen LogP contribution in [0.5, 0.6) is 17.2 Å². The molecule has 9 nitrogen and oxygen atoms in total. The van der Waals surface area contributed by atoms with Crippen molar-refractivity contribution >= 4 is 22.3 Å². The minimum atomic E-state index is -0.347. The van der Waals surface area contributed by atoms with Crippen LogP contribution in [0.15, 0.2) is 47.3 Å². The lowest BCUT2D eigenvalue weighted by Crippen LogP contribution is -2.34. The highest BCUT2D eigenvalue weighted by Gasteiger charge is 2.15. The van der Waals surface area contributed by atoms with Crippen molar-refractivity contribution in [3.05, 3.63) is 64.2 Å². The summed E-state index contributed by atoms with van der Waals surface area (Å²) in [7, 11) is 4.69. The lowest BCUT2D eigenvalue weighted by Gasteiger charge is -2.13. The molecule has 0 aliphatic rings. The summed E-state index contributed by atoms with van der Waals surface area (Å²) in [5, 5.41) is 8.02. The van der Waals surface area contributed by atoms with Gasteiger partial charge in [0, 0.05) is 17.5 Å². The molecule has 0 fully saturated rings. The van der Waals surface area contributed by atoms with Crippen LogP contribution >= 0.6 is 0 Å². The molecule has 0 saturated carbocycles. The molecule has 2 aromatic carbocycles. The molecule has 166 valence electrons. The maximum Gasteiger partial charge on any atom is 0.291 e. The van der Waals surface area contributed by atoms with Gasteiger partial charge in [0.05, 0.1) is 26.8 Å². The van der Waals surface area contributed by atoms with Crippen LogP contribution in [-0.2, 0) is 17.9 Å². The van der Waals surface area contributed by atoms with E-state index in [1.165, 1.54) is 4.68 Å². The number of carbonyl (C=O) groups excluding carboxylic acids is 1. The Hall–Kier alpha value is -4.01. The smallest absolute Gasteiger partial charge is 0.291 e. The number of ether oxygens (including phenoxy) is 3. The van der Waals surface area contributed by atoms with Crippen molar-refractivity contribution in [2.45, 2.75) is 20.0 Å². The van der Waals surface area contributed by atoms with Crippen LogP contribution in [-0.4, -0.2) is 41.4 Å². The van der Waals surface area contributed by atoms with Crippen LogP contribution in [0.3, 0.4) is 0 Å². The first-order valence-electron chi connectivity index (χ1n) is 10.00. The van der Waals surface area contributed by atoms with E-state index in [1.54, 1.807) is 44.8 Å². The average Bonchev–Trinajstić information content (AvgIpc) is 3.20. The molecule has 0 saturated heterocycles. The van der Waals surface area contributed by atoms with Crippen molar-refractivity contribution in [1.29, 1.82) is 0 Å². The van der Waals surface area contributed by atoms with Crippen molar-refractivity contribution in [3.63, 3.8) is 0 Å². The molecule has 0 bridgehead atoms. The molecule has 2 aromatic heterocycles. The highest BCUT2D eigenvalue weighted by atomic mass is 16.5. The van der Waals surface area contributed by atoms with Crippen molar-refractivity contribution in [2.24, 2.45) is 0 Å². The summed E-state index contributed by atoms with van der Waals surface area (Å²) >= 11 is 0. The predicted octanol–water partition coefficient (Wildman–Crippen LogP) is 2.30. The number of aryl methyl sites for hydroxylation is 1. The number of hydrogen-bond acceptors (Lipinski definition) is 6. The summed E-state index contributed by atoms with van der Waals surface area (Å²) in [5.41, 5.74) is 1.71. The Balaban J connectivity index is 1.59. The van der Waals surface area contributed by atoms with Crippen molar-refractivity contribution in [1.82, 2.24) is 19.5 Å². The minimum Gasteiger partial charge on any atom is -0.497 e. The van der Waals surface area contributed by atoms with E-state index in [0.29, 0.717) is 28.6 Å². The van der Waals surface area contributed by atoms with E-state index in [1.807, 2.05) is 30.3 Å². The number of benzene rings is 2. The summed E-state index contributed by atoms with van der Waals surface area (Å²) in [4.78, 5) is 25.6. The van der Waals surface area contributed by atoms with Gasteiger partial charge in [0.15, 0.2) is 11.5 Å². The summed E-state index contributed by atoms with van der Waals surface area (Å²) in [6, 6.07) is 12.8. The first kappa shape index (κ1) is 21.2. The fourth-order valence-corrected chi connectivity index (χ4v) is 3.81. The van der Waals surface area contributed by atoms with Crippen LogP contribution in [0, 0.1) is 6.92 Å². The lowest BCUT2D eigenvalue weighted by atomic mass is 10.2. The minimum absolute atomic E-state index is 0.201. The summed E-state index contributed by atoms with van der Waals surface area (Å²) in [6.45, 7) is 1.82. The van der Waals surface area contributed by atoms with Crippen molar-refractivity contribution < 1.29 is 19.0 Å². The Labute approximate surface area is 184 Å². The first-order chi connectivity index (χ1) is 15.5. The maximum absolute atomic E-state index is 13.0. The number of amides is 1. The van der Waals surface area contributed by atoms with E-state index < -0.39 is 0 Å². The molecule has 0 aliphatic heterocycles. The predicted molar refractivity (Wildman–Crippen MR) is 120 cm³/mol. The third-order valence-electron chi connectivity index (χ3n) is 5.31. The van der Waals surface area contributed by atoms with Gasteiger partial charge in [-0.25, -0.2) is 4.68 Å². The van der Waals surface area contributed by atoms with E-state index in [4.69, 9.17) is 14.2 Å². The van der Waals surface area contributed by atoms with Crippen LogP contribution in [0.2, 0.25) is 0 Å². The van der Waals surface area contributed by atoms with Crippen LogP contribution in [0.4, 0.5) is 0 Å². The van der Waals surface area contributed by atoms with Gasteiger partial charge in [-0.3, -0.25) is 14.0 Å². The Bertz CT molecular complexity index is 1370. The number of carbonyl (C=O) groups is 1. The topological polar surface area (TPSA) is 96.1 Å². The number of hydrogen-bond donors (Lipinski definition) is 1. The van der Waals surface area contributed by atoms with E-state index in [-0.39, 0.29) is 24.6 Å². The average molecular weight is 436 g/mol. The standard InChI is InChI=1S/C23H24N4O5/c1-14-25-26(13-21(28)24-12-15-6-5-7-20(31-3)22(15)32-4)23(29)19-11-16-10-17(30-2)8-9-18(16)27(14)19/h5-11H,12-13H2,1-4H3,(H,24,28). The van der Waals surface area contributed by atoms with Crippen LogP contribution < -0.4 is 25.1 Å². The lowest BCUT2D eigenvalue weighted by molar-refractivity contribution is -0.122. The van der Waals surface area contributed by atoms with Gasteiger partial charge in [0.2, 0.25) is 5.91 Å². The second-order valence-corrected chi connectivity index (χ2v) is 7.23. The number of rotatable bonds is 7. The molecule has 4 rings (SSSR count). The van der Waals surface area contributed by atoms with Crippen LogP contribution in [0.25, 0.3) is 16.4 Å². The van der Waals surface area contributed by atoms with E-state index >= 15 is 0 Å². The van der Waals surface area contributed by atoms with E-state index in [0.717, 1.165) is 16.5 Å². The number of methoxy groups -OCH3 is 3. The molecule has 0 aliphatic carbocycles. The summed E-state index contributed by atoms with van der Waals surface area (Å²) in [5.74, 6) is 2.09. The molecule has 0 spiro atoms. The quantitative estimate of drug-likeness (QED) is 0.478. The molecule has 1 N–H and O–H groups in total. The molecule has 9 heteroatoms. The number of nitrogens with one attached hydrogen (secondary N) is 1. The Morgan fingerprint density at radius 3 is 2.56 bits per heavy atom. The number of nitrogens with zero attached hydrogens (tertiary/aromatic N) is 3. The zero-order valence-corrected chi connectivity index (χ0v) is 18.3. The first-order valence-corrected chi connectivity index (χ1v) is 10.00. The maximum atomic E-state index is 13.0. The third kappa shape index (κ3) is 3.73. The molecule has 0 unspecified atom stereocenters. The van der Waals surface area contributed by atoms with Crippen molar-refractivity contribution in [3.8, 4) is 17.2 Å². The van der Waals surface area contributed by atoms with Gasteiger partial charge in [-0.05, 0) is 37.3 Å². The second kappa shape index (κ2) is 8.62. The zero-order chi connectivity index (χ0) is 22.8. The monoisotopic (exact) mass is 436 g/mol. The molecule has 2 heterocycles. The fourth-order valence-electron chi connectivity index (χ4n) is 3.81. The number of fused-ring (bicyclic) bond motifs is 3. The van der Waals surface area contributed by atoms with Gasteiger partial charge >= 0.3 is 0 Å². The van der Waals surface area contributed by atoms with Gasteiger partial charge in [0.1, 0.15) is 23.6 Å². The van der Waals surface area contributed by atoms with Crippen molar-refractivity contribution in [2.75, 3.05) is 21.3 Å². The molecule has 0 radical (unpaired) electrons. The van der Waals surface area contributed by atoms with E-state index in [9.17, 15) is 9.59 Å². The highest BCUT2D eigenvalue weighted by Crippen LogP contribution is 2.30. The summed E-state index contributed by atoms with van der Waals surface area (Å²) < 4.78 is 18.9. The molecular formula is C23H24N4O5. The second-order valence-electron chi connectivity index (χ2n) is 7.23. The Morgan fingerprint density at radius 1 is 1.03 bits per heavy atom. The van der Waals surface area contributed by atoms with E-state index in [2.05, 4.69) is 10.4 Å². The van der Waals surface area contributed by atoms with Gasteiger partial charge in [-0.15, -0.1) is 0 Å². The summed E-state index contributed by atoms with van der Waals surface area (Å²) in [6.07, 6.45) is 0. The number of para-hydroxylation sites is 1. The Kier molecular flexibility index (Phi) is 5.72. The molecular weight excluding hydrogens is 412 g/mol. The van der Waals surface area contributed by atoms with Gasteiger partial charge in [-0.2, -0.15) is 5.10 Å². The third-order valence-corrected chi connectivity index (χ3v) is 5.31. The Morgan fingerprint density at radius 2 is 1.84 bits per heavy atom. The molecule has 0 atom stereocenters. The molecule has 1 amide bonds. The largest absolute Gasteiger partial charge is 0.497 e. The van der Waals surface area contributed by atoms with Crippen LogP contribution in [0.1, 0.15) is 11.4 Å². The molecule has 32 heavy (non-hydrogen) atoms. The fraction of sp³-hybridized carbons (Fsp3) is 0.261. The molecule has 4 aromatic rings. The highest BCUT2D eigenvalue weighted by molar-refractivity contribution is 5.88. The zero-order valence-electron chi connectivity index (χ0n) is 18.3. The van der Waals surface area contributed by atoms with Gasteiger partial charge in [0.25, 0.3) is 5.56 Å². The van der Waals surface area contributed by atoms with Gasteiger partial charge < -0.3 is 19.5 Å².